The number of carbonyl (C=O) groups excluding carboxylic acids is 3. The number of unbranched alkanes of at least 4 members (excludes halogenated alkanes) is 1. The van der Waals surface area contributed by atoms with E-state index in [9.17, 15) is 14.4 Å². The number of aryl methyl sites for hydroxylation is 1. The van der Waals surface area contributed by atoms with E-state index < -0.39 is 47.2 Å². The van der Waals surface area contributed by atoms with Gasteiger partial charge in [-0.15, -0.1) is 16.4 Å². The quantitative estimate of drug-likeness (QED) is 0.197. The molecule has 0 spiro atoms. The van der Waals surface area contributed by atoms with Crippen molar-refractivity contribution in [1.29, 1.82) is 0 Å². The molecule has 4 heterocycles. The SMILES string of the molecule is B[C@@H]1[C@@H](C)C(=O)[C@@H](C)C(=O)O[C@H](CC)[C@@]2(C)OC(=O)N(CCCCn3cc(-c4nccs4)nn3)[C@@H]2[C@H](C)NCCC[C@@]1(C)OC. The number of esters is 1. The number of ketones is 1. The van der Waals surface area contributed by atoms with Gasteiger partial charge in [0.05, 0.1) is 17.8 Å². The molecule has 4 rings (SSSR count). The van der Waals surface area contributed by atoms with E-state index in [-0.39, 0.29) is 17.6 Å². The van der Waals surface area contributed by atoms with Crippen molar-refractivity contribution in [1.82, 2.24) is 30.2 Å². The molecular weight excluding hydrogens is 595 g/mol. The van der Waals surface area contributed by atoms with Crippen LogP contribution in [-0.4, -0.2) is 100 Å². The fraction of sp³-hybridized carbons (Fsp3) is 0.742. The molecule has 2 aromatic rings. The largest absolute Gasteiger partial charge is 0.458 e. The van der Waals surface area contributed by atoms with Crippen LogP contribution in [0.2, 0.25) is 5.82 Å². The van der Waals surface area contributed by atoms with Gasteiger partial charge in [-0.25, -0.2) is 9.78 Å². The lowest BCUT2D eigenvalue weighted by molar-refractivity contribution is -0.170. The molecule has 2 aliphatic heterocycles. The number of nitrogens with zero attached hydrogens (tertiary/aromatic N) is 5. The van der Waals surface area contributed by atoms with E-state index in [4.69, 9.17) is 14.2 Å². The van der Waals surface area contributed by atoms with Gasteiger partial charge in [0.15, 0.2) is 5.60 Å². The Kier molecular flexibility index (Phi) is 11.5. The number of hydrogen-bond donors (Lipinski definition) is 1. The molecule has 248 valence electrons. The third kappa shape index (κ3) is 7.43. The summed E-state index contributed by atoms with van der Waals surface area (Å²) < 4.78 is 19.9. The molecule has 2 saturated heterocycles. The van der Waals surface area contributed by atoms with Crippen LogP contribution >= 0.6 is 11.3 Å². The van der Waals surface area contributed by atoms with Crippen molar-refractivity contribution < 1.29 is 28.6 Å². The van der Waals surface area contributed by atoms with Gasteiger partial charge in [-0.1, -0.05) is 19.1 Å². The van der Waals surface area contributed by atoms with Crippen molar-refractivity contribution in [3.05, 3.63) is 17.8 Å². The molecule has 0 aliphatic carbocycles. The number of nitrogens with one attached hydrogen (secondary N) is 1. The van der Waals surface area contributed by atoms with E-state index in [0.29, 0.717) is 32.5 Å². The molecule has 14 heteroatoms. The van der Waals surface area contributed by atoms with Gasteiger partial charge in [0, 0.05) is 43.7 Å². The molecular formula is C31H49BN6O6S. The smallest absolute Gasteiger partial charge is 0.410 e. The Balaban J connectivity index is 1.52. The first kappa shape index (κ1) is 35.0. The second-order valence-electron chi connectivity index (χ2n) is 13.0. The molecule has 0 saturated carbocycles. The van der Waals surface area contributed by atoms with Crippen LogP contribution in [0.1, 0.15) is 73.6 Å². The van der Waals surface area contributed by atoms with Gasteiger partial charge in [0.1, 0.15) is 36.4 Å². The summed E-state index contributed by atoms with van der Waals surface area (Å²) in [6.07, 6.45) is 5.91. The number of amides is 1. The molecule has 0 aromatic carbocycles. The number of methoxy groups -OCH3 is 1. The molecule has 0 bridgehead atoms. The Morgan fingerprint density at radius 3 is 2.58 bits per heavy atom. The van der Waals surface area contributed by atoms with Gasteiger partial charge in [-0.2, -0.15) is 0 Å². The van der Waals surface area contributed by atoms with Crippen LogP contribution in [0, 0.1) is 11.8 Å². The topological polar surface area (TPSA) is 138 Å². The highest BCUT2D eigenvalue weighted by atomic mass is 32.1. The summed E-state index contributed by atoms with van der Waals surface area (Å²) in [5.41, 5.74) is -0.927. The average Bonchev–Trinajstić information content (AvgIpc) is 3.78. The molecule has 2 aromatic heterocycles. The lowest BCUT2D eigenvalue weighted by Gasteiger charge is -2.40. The molecule has 2 aliphatic rings. The molecule has 1 amide bonds. The second kappa shape index (κ2) is 14.7. The molecule has 8 atom stereocenters. The van der Waals surface area contributed by atoms with Crippen molar-refractivity contribution in [2.75, 3.05) is 20.2 Å². The summed E-state index contributed by atoms with van der Waals surface area (Å²) in [5.74, 6) is -2.25. The Bertz CT molecular complexity index is 1310. The summed E-state index contributed by atoms with van der Waals surface area (Å²) in [5, 5.41) is 14.8. The fourth-order valence-corrected chi connectivity index (χ4v) is 7.51. The van der Waals surface area contributed by atoms with E-state index in [1.54, 1.807) is 29.8 Å². The first-order chi connectivity index (χ1) is 21.4. The molecule has 0 unspecified atom stereocenters. The monoisotopic (exact) mass is 644 g/mol. The van der Waals surface area contributed by atoms with Gasteiger partial charge >= 0.3 is 12.1 Å². The number of hydrogen-bond acceptors (Lipinski definition) is 11. The molecule has 1 N–H and O–H groups in total. The maximum absolute atomic E-state index is 13.5. The fourth-order valence-electron chi connectivity index (χ4n) is 6.92. The minimum Gasteiger partial charge on any atom is -0.458 e. The van der Waals surface area contributed by atoms with Crippen LogP contribution in [-0.2, 0) is 30.3 Å². The third-order valence-electron chi connectivity index (χ3n) is 10.2. The van der Waals surface area contributed by atoms with Crippen molar-refractivity contribution in [2.24, 2.45) is 11.8 Å². The van der Waals surface area contributed by atoms with E-state index in [1.165, 1.54) is 11.3 Å². The second-order valence-corrected chi connectivity index (χ2v) is 13.9. The molecule has 0 radical (unpaired) electrons. The number of carbonyl (C=O) groups is 3. The number of rotatable bonds is 8. The van der Waals surface area contributed by atoms with Crippen LogP contribution in [0.15, 0.2) is 17.8 Å². The van der Waals surface area contributed by atoms with Crippen LogP contribution in [0.5, 0.6) is 0 Å². The summed E-state index contributed by atoms with van der Waals surface area (Å²) in [6, 6.07) is -0.576. The highest BCUT2D eigenvalue weighted by Gasteiger charge is 2.58. The number of ether oxygens (including phenoxy) is 3. The number of aromatic nitrogens is 4. The van der Waals surface area contributed by atoms with Crippen LogP contribution < -0.4 is 5.32 Å². The summed E-state index contributed by atoms with van der Waals surface area (Å²) in [6.45, 7) is 13.1. The Morgan fingerprint density at radius 2 is 1.91 bits per heavy atom. The number of fused-ring (bicyclic) bond motifs is 1. The zero-order valence-electron chi connectivity index (χ0n) is 27.9. The Labute approximate surface area is 271 Å². The van der Waals surface area contributed by atoms with Gasteiger partial charge < -0.3 is 19.5 Å². The first-order valence-electron chi connectivity index (χ1n) is 16.2. The van der Waals surface area contributed by atoms with Crippen LogP contribution in [0.3, 0.4) is 0 Å². The predicted molar refractivity (Wildman–Crippen MR) is 174 cm³/mol. The number of Topliss-reactive ketones (excluding diaryl/α,β-unsaturated/α-hetero) is 1. The Hall–Kier alpha value is -2.84. The lowest BCUT2D eigenvalue weighted by atomic mass is 9.63. The van der Waals surface area contributed by atoms with E-state index in [0.717, 1.165) is 30.0 Å². The van der Waals surface area contributed by atoms with Crippen molar-refractivity contribution in [3.8, 4) is 10.7 Å². The Morgan fingerprint density at radius 1 is 1.18 bits per heavy atom. The highest BCUT2D eigenvalue weighted by molar-refractivity contribution is 7.13. The molecule has 45 heavy (non-hydrogen) atoms. The minimum atomic E-state index is -1.12. The average molecular weight is 645 g/mol. The van der Waals surface area contributed by atoms with Gasteiger partial charge in [-0.3, -0.25) is 19.2 Å². The minimum absolute atomic E-state index is 0.111. The number of thiazole rings is 1. The van der Waals surface area contributed by atoms with E-state index in [2.05, 4.69) is 20.6 Å². The summed E-state index contributed by atoms with van der Waals surface area (Å²) in [7, 11) is 3.69. The predicted octanol–water partition coefficient (Wildman–Crippen LogP) is 3.52. The van der Waals surface area contributed by atoms with E-state index >= 15 is 0 Å². The third-order valence-corrected chi connectivity index (χ3v) is 11.0. The molecule has 12 nitrogen and oxygen atoms in total. The number of cyclic esters (lactones) is 1. The van der Waals surface area contributed by atoms with Crippen molar-refractivity contribution in [2.45, 2.75) is 115 Å². The van der Waals surface area contributed by atoms with Gasteiger partial charge in [0.25, 0.3) is 0 Å². The zero-order chi connectivity index (χ0) is 32.9. The van der Waals surface area contributed by atoms with Gasteiger partial charge in [-0.05, 0) is 72.2 Å². The maximum atomic E-state index is 13.5. The van der Waals surface area contributed by atoms with Crippen molar-refractivity contribution >= 4 is 37.0 Å². The van der Waals surface area contributed by atoms with E-state index in [1.807, 2.05) is 54.0 Å². The highest BCUT2D eigenvalue weighted by Crippen LogP contribution is 2.40. The zero-order valence-corrected chi connectivity index (χ0v) is 28.8. The summed E-state index contributed by atoms with van der Waals surface area (Å²) >= 11 is 1.51. The van der Waals surface area contributed by atoms with Gasteiger partial charge in [0.2, 0.25) is 0 Å². The lowest BCUT2D eigenvalue weighted by Crippen LogP contribution is -2.60. The normalized spacial score (nSPS) is 33.7. The summed E-state index contributed by atoms with van der Waals surface area (Å²) in [4.78, 5) is 46.5. The standard InChI is InChI=1S/C31H49BN6O6S/c1-8-23-31(6)26(38(29(41)44-31)16-10-9-15-37-18-22(35-36-37)27-34-14-17-45-27)21(4)33-13-11-12-30(5,42-7)25(32)19(2)24(39)20(3)28(40)43-23/h14,17-21,23,25-26,33H,8-13,15-16,32H2,1-7H3/t19-,20+,21-,23+,25+,26+,30+,31+/m0/s1. The van der Waals surface area contributed by atoms with Crippen molar-refractivity contribution in [3.63, 3.8) is 0 Å². The maximum Gasteiger partial charge on any atom is 0.410 e. The van der Waals surface area contributed by atoms with Crippen LogP contribution in [0.4, 0.5) is 4.79 Å². The first-order valence-corrected chi connectivity index (χ1v) is 17.1. The van der Waals surface area contributed by atoms with Crippen LogP contribution in [0.25, 0.3) is 10.7 Å². The molecule has 2 fully saturated rings.